The summed E-state index contributed by atoms with van der Waals surface area (Å²) in [5.74, 6) is 2.01. The van der Waals surface area contributed by atoms with E-state index in [0.29, 0.717) is 12.3 Å². The second-order valence-corrected chi connectivity index (χ2v) is 5.89. The smallest absolute Gasteiger partial charge is 0.161 e. The number of tetrazole rings is 1. The van der Waals surface area contributed by atoms with Crippen molar-refractivity contribution in [3.63, 3.8) is 0 Å². The number of halogens is 1. The lowest BCUT2D eigenvalue weighted by molar-refractivity contribution is 0.414. The molecular weight excluding hydrogens is 315 g/mol. The number of ether oxygens (including phenoxy) is 1. The molecule has 0 aliphatic heterocycles. The molecule has 0 unspecified atom stereocenters. The summed E-state index contributed by atoms with van der Waals surface area (Å²) in [5, 5.41) is 11.8. The van der Waals surface area contributed by atoms with Crippen LogP contribution in [0.15, 0.2) is 53.4 Å². The van der Waals surface area contributed by atoms with Gasteiger partial charge in [-0.3, -0.25) is 0 Å². The molecule has 0 aliphatic rings. The first kappa shape index (κ1) is 15.5. The Kier molecular flexibility index (Phi) is 4.87. The summed E-state index contributed by atoms with van der Waals surface area (Å²) in [6.45, 7) is 0.520. The summed E-state index contributed by atoms with van der Waals surface area (Å²) >= 11 is 1.65. The van der Waals surface area contributed by atoms with Crippen molar-refractivity contribution in [2.24, 2.45) is 0 Å². The molecule has 1 aromatic heterocycles. The van der Waals surface area contributed by atoms with Crippen LogP contribution in [0.5, 0.6) is 5.75 Å². The summed E-state index contributed by atoms with van der Waals surface area (Å²) in [4.78, 5) is 1.11. The molecule has 3 aromatic rings. The van der Waals surface area contributed by atoms with Crippen molar-refractivity contribution >= 4 is 11.8 Å². The number of thioether (sulfide) groups is 1. The second kappa shape index (κ2) is 7.23. The lowest BCUT2D eigenvalue weighted by Crippen LogP contribution is -2.06. The number of hydrogen-bond acceptors (Lipinski definition) is 5. The summed E-state index contributed by atoms with van der Waals surface area (Å²) < 4.78 is 19.8. The van der Waals surface area contributed by atoms with E-state index in [0.717, 1.165) is 22.0 Å². The molecule has 23 heavy (non-hydrogen) atoms. The molecule has 1 heterocycles. The van der Waals surface area contributed by atoms with Crippen LogP contribution in [0.25, 0.3) is 0 Å². The maximum absolute atomic E-state index is 12.9. The van der Waals surface area contributed by atoms with Gasteiger partial charge in [-0.15, -0.1) is 16.9 Å². The molecule has 118 valence electrons. The van der Waals surface area contributed by atoms with E-state index in [1.54, 1.807) is 35.7 Å². The van der Waals surface area contributed by atoms with Gasteiger partial charge in [0.2, 0.25) is 0 Å². The van der Waals surface area contributed by atoms with Crippen molar-refractivity contribution in [3.05, 3.63) is 65.7 Å². The fraction of sp³-hybridized carbons (Fsp3) is 0.188. The fourth-order valence-corrected chi connectivity index (χ4v) is 2.86. The topological polar surface area (TPSA) is 52.8 Å². The van der Waals surface area contributed by atoms with Gasteiger partial charge in [-0.05, 0) is 52.4 Å². The van der Waals surface area contributed by atoms with Crippen molar-refractivity contribution in [2.45, 2.75) is 17.2 Å². The summed E-state index contributed by atoms with van der Waals surface area (Å²) in [6, 6.07) is 14.2. The van der Waals surface area contributed by atoms with Crippen molar-refractivity contribution < 1.29 is 9.13 Å². The van der Waals surface area contributed by atoms with Crippen LogP contribution in [0, 0.1) is 5.82 Å². The van der Waals surface area contributed by atoms with Gasteiger partial charge < -0.3 is 4.74 Å². The van der Waals surface area contributed by atoms with Crippen LogP contribution in [-0.4, -0.2) is 27.3 Å². The molecule has 2 aromatic carbocycles. The number of benzene rings is 2. The Morgan fingerprint density at radius 3 is 2.52 bits per heavy atom. The maximum atomic E-state index is 12.9. The molecular formula is C16H15FN4OS. The molecule has 0 spiro atoms. The standard InChI is InChI=1S/C16H15FN4OS/c1-22-14-6-8-15(9-7-14)23-11-16-18-19-20-21(16)10-12-2-4-13(17)5-3-12/h2-9H,10-11H2,1H3. The fourth-order valence-electron chi connectivity index (χ4n) is 2.03. The largest absolute Gasteiger partial charge is 0.497 e. The monoisotopic (exact) mass is 330 g/mol. The first-order valence-electron chi connectivity index (χ1n) is 7.01. The molecule has 0 fully saturated rings. The Morgan fingerprint density at radius 2 is 1.83 bits per heavy atom. The van der Waals surface area contributed by atoms with Crippen LogP contribution in [-0.2, 0) is 12.3 Å². The predicted octanol–water partition coefficient (Wildman–Crippen LogP) is 3.16. The lowest BCUT2D eigenvalue weighted by atomic mass is 10.2. The van der Waals surface area contributed by atoms with Gasteiger partial charge in [0, 0.05) is 4.90 Å². The summed E-state index contributed by atoms with van der Waals surface area (Å²) in [5.41, 5.74) is 0.953. The third kappa shape index (κ3) is 4.07. The molecule has 0 bridgehead atoms. The van der Waals surface area contributed by atoms with E-state index in [1.807, 2.05) is 24.3 Å². The Balaban J connectivity index is 1.64. The molecule has 0 radical (unpaired) electrons. The van der Waals surface area contributed by atoms with Crippen LogP contribution < -0.4 is 4.74 Å². The molecule has 0 N–H and O–H groups in total. The maximum Gasteiger partial charge on any atom is 0.161 e. The Labute approximate surface area is 137 Å². The zero-order valence-corrected chi connectivity index (χ0v) is 13.3. The Hall–Kier alpha value is -2.41. The van der Waals surface area contributed by atoms with Crippen LogP contribution in [0.3, 0.4) is 0 Å². The average Bonchev–Trinajstić information content (AvgIpc) is 3.02. The van der Waals surface area contributed by atoms with Crippen molar-refractivity contribution in [1.29, 1.82) is 0 Å². The highest BCUT2D eigenvalue weighted by Gasteiger charge is 2.08. The minimum absolute atomic E-state index is 0.249. The van der Waals surface area contributed by atoms with E-state index in [4.69, 9.17) is 4.74 Å². The van der Waals surface area contributed by atoms with Gasteiger partial charge in [-0.1, -0.05) is 12.1 Å². The zero-order valence-electron chi connectivity index (χ0n) is 12.5. The zero-order chi connectivity index (χ0) is 16.1. The van der Waals surface area contributed by atoms with E-state index >= 15 is 0 Å². The first-order valence-corrected chi connectivity index (χ1v) is 7.99. The highest BCUT2D eigenvalue weighted by atomic mass is 32.2. The van der Waals surface area contributed by atoms with Crippen molar-refractivity contribution in [3.8, 4) is 5.75 Å². The molecule has 0 saturated heterocycles. The molecule has 5 nitrogen and oxygen atoms in total. The number of rotatable bonds is 6. The lowest BCUT2D eigenvalue weighted by Gasteiger charge is -2.05. The second-order valence-electron chi connectivity index (χ2n) is 4.84. The van der Waals surface area contributed by atoms with Crippen LogP contribution in [0.2, 0.25) is 0 Å². The van der Waals surface area contributed by atoms with Crippen molar-refractivity contribution in [1.82, 2.24) is 20.2 Å². The first-order chi connectivity index (χ1) is 11.2. The van der Waals surface area contributed by atoms with Gasteiger partial charge >= 0.3 is 0 Å². The number of hydrogen-bond donors (Lipinski definition) is 0. The molecule has 3 rings (SSSR count). The summed E-state index contributed by atoms with van der Waals surface area (Å²) in [7, 11) is 1.64. The van der Waals surface area contributed by atoms with E-state index in [-0.39, 0.29) is 5.82 Å². The summed E-state index contributed by atoms with van der Waals surface area (Å²) in [6.07, 6.45) is 0. The van der Waals surface area contributed by atoms with Gasteiger partial charge in [0.1, 0.15) is 11.6 Å². The highest BCUT2D eigenvalue weighted by Crippen LogP contribution is 2.24. The third-order valence-corrected chi connectivity index (χ3v) is 4.29. The highest BCUT2D eigenvalue weighted by molar-refractivity contribution is 7.98. The molecule has 0 atom stereocenters. The third-order valence-electron chi connectivity index (χ3n) is 3.28. The quantitative estimate of drug-likeness (QED) is 0.650. The molecule has 0 saturated carbocycles. The van der Waals surface area contributed by atoms with E-state index in [9.17, 15) is 4.39 Å². The van der Waals surface area contributed by atoms with Crippen LogP contribution in [0.1, 0.15) is 11.4 Å². The molecule has 7 heteroatoms. The Bertz CT molecular complexity index is 759. The van der Waals surface area contributed by atoms with Gasteiger partial charge in [-0.2, -0.15) is 0 Å². The van der Waals surface area contributed by atoms with E-state index in [2.05, 4.69) is 15.5 Å². The minimum Gasteiger partial charge on any atom is -0.497 e. The Morgan fingerprint density at radius 1 is 1.09 bits per heavy atom. The normalized spacial score (nSPS) is 10.7. The van der Waals surface area contributed by atoms with Gasteiger partial charge in [0.25, 0.3) is 0 Å². The van der Waals surface area contributed by atoms with Gasteiger partial charge in [0.15, 0.2) is 5.82 Å². The number of methoxy groups -OCH3 is 1. The van der Waals surface area contributed by atoms with Gasteiger partial charge in [-0.25, -0.2) is 9.07 Å². The number of nitrogens with zero attached hydrogens (tertiary/aromatic N) is 4. The van der Waals surface area contributed by atoms with E-state index < -0.39 is 0 Å². The van der Waals surface area contributed by atoms with Crippen LogP contribution >= 0.6 is 11.8 Å². The molecule has 0 aliphatic carbocycles. The molecule has 0 amide bonds. The van der Waals surface area contributed by atoms with E-state index in [1.165, 1.54) is 12.1 Å². The van der Waals surface area contributed by atoms with Gasteiger partial charge in [0.05, 0.1) is 19.4 Å². The SMILES string of the molecule is COc1ccc(SCc2nnnn2Cc2ccc(F)cc2)cc1. The van der Waals surface area contributed by atoms with Crippen LogP contribution in [0.4, 0.5) is 4.39 Å². The average molecular weight is 330 g/mol. The van der Waals surface area contributed by atoms with Crippen molar-refractivity contribution in [2.75, 3.05) is 7.11 Å². The predicted molar refractivity (Wildman–Crippen MR) is 85.9 cm³/mol. The number of aromatic nitrogens is 4. The minimum atomic E-state index is -0.249.